The zero-order valence-electron chi connectivity index (χ0n) is 12.8. The van der Waals surface area contributed by atoms with Gasteiger partial charge in [0.05, 0.1) is 10.9 Å². The van der Waals surface area contributed by atoms with E-state index in [0.29, 0.717) is 35.5 Å². The molecule has 0 atom stereocenters. The molecule has 0 saturated carbocycles. The molecule has 1 amide bonds. The minimum atomic E-state index is -0.139. The molecule has 2 aromatic rings. The summed E-state index contributed by atoms with van der Waals surface area (Å²) in [5.41, 5.74) is 0.542. The van der Waals surface area contributed by atoms with Crippen molar-refractivity contribution in [2.24, 2.45) is 5.92 Å². The Morgan fingerprint density at radius 1 is 1.32 bits per heavy atom. The van der Waals surface area contributed by atoms with E-state index in [1.807, 2.05) is 23.1 Å². The largest absolute Gasteiger partial charge is 0.343 e. The molecule has 5 heteroatoms. The number of para-hydroxylation sites is 1. The number of piperidine rings is 1. The Balaban J connectivity index is 1.66. The van der Waals surface area contributed by atoms with Gasteiger partial charge in [-0.15, -0.1) is 0 Å². The Kier molecular flexibility index (Phi) is 4.22. The van der Waals surface area contributed by atoms with E-state index in [1.165, 1.54) is 0 Å². The molecule has 1 fully saturated rings. The summed E-state index contributed by atoms with van der Waals surface area (Å²) in [6, 6.07) is 7.26. The highest BCUT2D eigenvalue weighted by atomic mass is 16.2. The van der Waals surface area contributed by atoms with Crippen LogP contribution in [0, 0.1) is 5.92 Å². The van der Waals surface area contributed by atoms with E-state index in [0.717, 1.165) is 25.9 Å². The van der Waals surface area contributed by atoms with Crippen molar-refractivity contribution in [2.75, 3.05) is 13.1 Å². The third kappa shape index (κ3) is 3.18. The second-order valence-corrected chi connectivity index (χ2v) is 6.09. The van der Waals surface area contributed by atoms with Gasteiger partial charge in [0.15, 0.2) is 0 Å². The van der Waals surface area contributed by atoms with Gasteiger partial charge in [-0.3, -0.25) is 9.59 Å². The van der Waals surface area contributed by atoms with Crippen molar-refractivity contribution in [2.45, 2.75) is 32.6 Å². The summed E-state index contributed by atoms with van der Waals surface area (Å²) < 4.78 is 0. The number of aromatic amines is 1. The van der Waals surface area contributed by atoms with Crippen LogP contribution in [0.25, 0.3) is 10.9 Å². The second kappa shape index (κ2) is 6.30. The van der Waals surface area contributed by atoms with Gasteiger partial charge in [0.2, 0.25) is 5.91 Å². The summed E-state index contributed by atoms with van der Waals surface area (Å²) in [6.07, 6.45) is 3.04. The Hall–Kier alpha value is -2.17. The molecule has 1 aliphatic heterocycles. The lowest BCUT2D eigenvalue weighted by molar-refractivity contribution is -0.132. The number of carbonyl (C=O) groups excluding carboxylic acids is 1. The van der Waals surface area contributed by atoms with Crippen molar-refractivity contribution in [1.29, 1.82) is 0 Å². The first-order chi connectivity index (χ1) is 10.6. The van der Waals surface area contributed by atoms with Crippen LogP contribution in [0.4, 0.5) is 0 Å². The quantitative estimate of drug-likeness (QED) is 0.944. The fraction of sp³-hybridized carbons (Fsp3) is 0.471. The van der Waals surface area contributed by atoms with Crippen LogP contribution < -0.4 is 5.56 Å². The molecule has 3 rings (SSSR count). The van der Waals surface area contributed by atoms with Gasteiger partial charge < -0.3 is 9.88 Å². The lowest BCUT2D eigenvalue weighted by Crippen LogP contribution is -2.38. The average molecular weight is 299 g/mol. The number of benzene rings is 1. The van der Waals surface area contributed by atoms with E-state index in [9.17, 15) is 9.59 Å². The molecule has 5 nitrogen and oxygen atoms in total. The third-order valence-electron chi connectivity index (χ3n) is 4.37. The van der Waals surface area contributed by atoms with Crippen LogP contribution >= 0.6 is 0 Å². The second-order valence-electron chi connectivity index (χ2n) is 6.09. The fourth-order valence-electron chi connectivity index (χ4n) is 2.89. The number of nitrogens with one attached hydrogen (secondary N) is 1. The van der Waals surface area contributed by atoms with Gasteiger partial charge in [0.1, 0.15) is 5.82 Å². The first-order valence-electron chi connectivity index (χ1n) is 7.89. The predicted octanol–water partition coefficient (Wildman–Crippen LogP) is 2.11. The van der Waals surface area contributed by atoms with Crippen molar-refractivity contribution in [3.8, 4) is 0 Å². The molecule has 116 valence electrons. The Labute approximate surface area is 129 Å². The molecule has 1 aromatic carbocycles. The molecule has 0 aliphatic carbocycles. The number of H-pyrrole nitrogens is 1. The SMILES string of the molecule is CC1CCN(C(=O)CCc2nc3ccccc3c(=O)[nH]2)CC1. The maximum absolute atomic E-state index is 12.2. The Morgan fingerprint density at radius 3 is 2.82 bits per heavy atom. The monoisotopic (exact) mass is 299 g/mol. The summed E-state index contributed by atoms with van der Waals surface area (Å²) in [6.45, 7) is 3.93. The summed E-state index contributed by atoms with van der Waals surface area (Å²) in [5, 5.41) is 0.586. The van der Waals surface area contributed by atoms with E-state index in [1.54, 1.807) is 6.07 Å². The van der Waals surface area contributed by atoms with Gasteiger partial charge in [0, 0.05) is 25.9 Å². The van der Waals surface area contributed by atoms with Gasteiger partial charge in [-0.1, -0.05) is 19.1 Å². The van der Waals surface area contributed by atoms with E-state index in [-0.39, 0.29) is 11.5 Å². The zero-order chi connectivity index (χ0) is 15.5. The number of amides is 1. The van der Waals surface area contributed by atoms with Gasteiger partial charge >= 0.3 is 0 Å². The van der Waals surface area contributed by atoms with Crippen LogP contribution in [0.1, 0.15) is 32.0 Å². The normalized spacial score (nSPS) is 16.1. The summed E-state index contributed by atoms with van der Waals surface area (Å²) in [4.78, 5) is 33.4. The number of hydrogen-bond donors (Lipinski definition) is 1. The number of rotatable bonds is 3. The number of likely N-dealkylation sites (tertiary alicyclic amines) is 1. The number of aryl methyl sites for hydroxylation is 1. The Bertz CT molecular complexity index is 730. The molecule has 0 radical (unpaired) electrons. The molecule has 0 spiro atoms. The smallest absolute Gasteiger partial charge is 0.258 e. The average Bonchev–Trinajstić information content (AvgIpc) is 2.53. The molecular weight excluding hydrogens is 278 g/mol. The van der Waals surface area contributed by atoms with Crippen LogP contribution in [-0.4, -0.2) is 33.9 Å². The molecule has 0 bridgehead atoms. The van der Waals surface area contributed by atoms with Gasteiger partial charge in [-0.25, -0.2) is 4.98 Å². The molecular formula is C17H21N3O2. The maximum atomic E-state index is 12.2. The molecule has 1 aliphatic rings. The topological polar surface area (TPSA) is 66.1 Å². The van der Waals surface area contributed by atoms with Gasteiger partial charge in [-0.05, 0) is 30.9 Å². The molecule has 22 heavy (non-hydrogen) atoms. The summed E-state index contributed by atoms with van der Waals surface area (Å²) in [5.74, 6) is 1.45. The first kappa shape index (κ1) is 14.8. The first-order valence-corrected chi connectivity index (χ1v) is 7.89. The number of fused-ring (bicyclic) bond motifs is 1. The standard InChI is InChI=1S/C17H21N3O2/c1-12-8-10-20(11-9-12)16(21)7-6-15-18-14-5-3-2-4-13(14)17(22)19-15/h2-5,12H,6-11H2,1H3,(H,18,19,22). The Morgan fingerprint density at radius 2 is 2.05 bits per heavy atom. The molecule has 1 aromatic heterocycles. The van der Waals surface area contributed by atoms with Crippen LogP contribution in [0.2, 0.25) is 0 Å². The molecule has 1 N–H and O–H groups in total. The van der Waals surface area contributed by atoms with Crippen LogP contribution in [0.3, 0.4) is 0 Å². The third-order valence-corrected chi connectivity index (χ3v) is 4.37. The number of nitrogens with zero attached hydrogens (tertiary/aromatic N) is 2. The lowest BCUT2D eigenvalue weighted by Gasteiger charge is -2.30. The number of hydrogen-bond acceptors (Lipinski definition) is 3. The lowest BCUT2D eigenvalue weighted by atomic mass is 9.99. The molecule has 0 unspecified atom stereocenters. The van der Waals surface area contributed by atoms with Gasteiger partial charge in [-0.2, -0.15) is 0 Å². The summed E-state index contributed by atoms with van der Waals surface area (Å²) in [7, 11) is 0. The van der Waals surface area contributed by atoms with Crippen molar-refractivity contribution in [3.05, 3.63) is 40.4 Å². The number of carbonyl (C=O) groups is 1. The van der Waals surface area contributed by atoms with Crippen LogP contribution in [0.15, 0.2) is 29.1 Å². The highest BCUT2D eigenvalue weighted by Gasteiger charge is 2.20. The van der Waals surface area contributed by atoms with Crippen molar-refractivity contribution in [1.82, 2.24) is 14.9 Å². The maximum Gasteiger partial charge on any atom is 0.258 e. The highest BCUT2D eigenvalue weighted by molar-refractivity contribution is 5.78. The van der Waals surface area contributed by atoms with E-state index in [2.05, 4.69) is 16.9 Å². The predicted molar refractivity (Wildman–Crippen MR) is 85.7 cm³/mol. The highest BCUT2D eigenvalue weighted by Crippen LogP contribution is 2.17. The van der Waals surface area contributed by atoms with Crippen molar-refractivity contribution < 1.29 is 4.79 Å². The fourth-order valence-corrected chi connectivity index (χ4v) is 2.89. The minimum absolute atomic E-state index is 0.139. The molecule has 1 saturated heterocycles. The van der Waals surface area contributed by atoms with E-state index in [4.69, 9.17) is 0 Å². The summed E-state index contributed by atoms with van der Waals surface area (Å²) >= 11 is 0. The van der Waals surface area contributed by atoms with E-state index < -0.39 is 0 Å². The van der Waals surface area contributed by atoms with Crippen LogP contribution in [-0.2, 0) is 11.2 Å². The van der Waals surface area contributed by atoms with Gasteiger partial charge in [0.25, 0.3) is 5.56 Å². The van der Waals surface area contributed by atoms with E-state index >= 15 is 0 Å². The zero-order valence-corrected chi connectivity index (χ0v) is 12.8. The van der Waals surface area contributed by atoms with Crippen molar-refractivity contribution in [3.63, 3.8) is 0 Å². The van der Waals surface area contributed by atoms with Crippen molar-refractivity contribution >= 4 is 16.8 Å². The van der Waals surface area contributed by atoms with Crippen LogP contribution in [0.5, 0.6) is 0 Å². The minimum Gasteiger partial charge on any atom is -0.343 e. The molecule has 2 heterocycles. The number of aromatic nitrogens is 2.